The summed E-state index contributed by atoms with van der Waals surface area (Å²) in [5.74, 6) is 0.886. The Labute approximate surface area is 102 Å². The number of rotatable bonds is 2. The van der Waals surface area contributed by atoms with Gasteiger partial charge in [-0.3, -0.25) is 0 Å². The smallest absolute Gasteiger partial charge is 0.141 e. The van der Waals surface area contributed by atoms with Crippen molar-refractivity contribution in [1.82, 2.24) is 0 Å². The quantitative estimate of drug-likeness (QED) is 0.523. The van der Waals surface area contributed by atoms with Gasteiger partial charge in [0, 0.05) is 0 Å². The van der Waals surface area contributed by atoms with Crippen molar-refractivity contribution in [2.45, 2.75) is 38.7 Å². The molecule has 1 aliphatic carbocycles. The molecule has 0 radical (unpaired) electrons. The van der Waals surface area contributed by atoms with E-state index < -0.39 is 10.2 Å². The van der Waals surface area contributed by atoms with E-state index in [1.165, 1.54) is 25.7 Å². The monoisotopic (exact) mass is 274 g/mol. The van der Waals surface area contributed by atoms with Gasteiger partial charge in [0.15, 0.2) is 0 Å². The Morgan fingerprint density at radius 2 is 1.62 bits per heavy atom. The largest absolute Gasteiger partial charge is 0.222 e. The van der Waals surface area contributed by atoms with Gasteiger partial charge >= 0.3 is 0 Å². The van der Waals surface area contributed by atoms with Crippen molar-refractivity contribution in [2.75, 3.05) is 12.5 Å². The lowest BCUT2D eigenvalue weighted by Gasteiger charge is -2.23. The van der Waals surface area contributed by atoms with Gasteiger partial charge in [-0.1, -0.05) is 19.8 Å². The van der Waals surface area contributed by atoms with Crippen LogP contribution in [-0.2, 0) is 15.4 Å². The first-order valence-corrected chi connectivity index (χ1v) is 8.25. The highest BCUT2D eigenvalue weighted by Crippen LogP contribution is 2.26. The molecule has 0 bridgehead atoms. The molecule has 1 aliphatic rings. The van der Waals surface area contributed by atoms with Gasteiger partial charge < -0.3 is 0 Å². The fourth-order valence-corrected chi connectivity index (χ4v) is 2.46. The molecule has 0 heterocycles. The Kier molecular flexibility index (Phi) is 7.92. The van der Waals surface area contributed by atoms with Gasteiger partial charge in [0.05, 0.1) is 0 Å². The van der Waals surface area contributed by atoms with E-state index in [9.17, 15) is 0 Å². The lowest BCUT2D eigenvalue weighted by molar-refractivity contribution is -2.00. The first kappa shape index (κ1) is 16.4. The average molecular weight is 275 g/mol. The maximum atomic E-state index is 8.49. The van der Waals surface area contributed by atoms with Crippen LogP contribution in [0.2, 0.25) is 0 Å². The van der Waals surface area contributed by atoms with Crippen LogP contribution in [0, 0.1) is 16.2 Å². The van der Waals surface area contributed by atoms with Crippen LogP contribution < -0.4 is 18.6 Å². The minimum Gasteiger partial charge on any atom is -0.222 e. The lowest BCUT2D eigenvalue weighted by Crippen LogP contribution is -2.68. The summed E-state index contributed by atoms with van der Waals surface area (Å²) in [6, 6.07) is 0. The molecular formula is C9H19ClO5S. The zero-order chi connectivity index (χ0) is 12.8. The van der Waals surface area contributed by atoms with Crippen LogP contribution in [0.3, 0.4) is 0 Å². The Morgan fingerprint density at radius 1 is 1.12 bits per heavy atom. The molecule has 16 heavy (non-hydrogen) atoms. The van der Waals surface area contributed by atoms with Gasteiger partial charge in [0.25, 0.3) is 0 Å². The third kappa shape index (κ3) is 12.5. The number of hydrogen-bond donors (Lipinski definition) is 0. The Morgan fingerprint density at radius 3 is 2.00 bits per heavy atom. The minimum absolute atomic E-state index is 0.172. The first-order chi connectivity index (χ1) is 7.18. The summed E-state index contributed by atoms with van der Waals surface area (Å²) in [6.45, 7) is 2.33. The molecule has 98 valence electrons. The van der Waals surface area contributed by atoms with Crippen molar-refractivity contribution in [1.29, 1.82) is 0 Å². The van der Waals surface area contributed by atoms with E-state index in [4.69, 9.17) is 22.8 Å². The summed E-state index contributed by atoms with van der Waals surface area (Å²) in [5.41, 5.74) is 0. The third-order valence-corrected chi connectivity index (χ3v) is 2.87. The second kappa shape index (κ2) is 7.71. The van der Waals surface area contributed by atoms with Crippen LogP contribution in [0.15, 0.2) is 0 Å². The molecule has 0 aromatic heterocycles. The molecule has 0 aromatic carbocycles. The van der Waals surface area contributed by atoms with Crippen LogP contribution in [0.25, 0.3) is 0 Å². The summed E-state index contributed by atoms with van der Waals surface area (Å²) in [7, 11) is -4.94. The van der Waals surface area contributed by atoms with Gasteiger partial charge in [-0.05, 0) is 18.8 Å². The molecule has 0 aromatic rings. The van der Waals surface area contributed by atoms with Gasteiger partial charge in [0.1, 0.15) is 29.8 Å². The lowest BCUT2D eigenvalue weighted by atomic mass is 9.89. The number of halogens is 1. The summed E-state index contributed by atoms with van der Waals surface area (Å²) in [4.78, 5) is 0. The highest BCUT2D eigenvalue weighted by atomic mass is 35.7. The van der Waals surface area contributed by atoms with Crippen LogP contribution in [-0.4, -0.2) is 18.6 Å². The van der Waals surface area contributed by atoms with E-state index in [2.05, 4.69) is 19.4 Å². The summed E-state index contributed by atoms with van der Waals surface area (Å²) in [5, 5.41) is 0. The Bertz CT molecular complexity index is 177. The average Bonchev–Trinajstić information content (AvgIpc) is 1.98. The van der Waals surface area contributed by atoms with Crippen LogP contribution in [0.5, 0.6) is 0 Å². The topological polar surface area (TPSA) is 101 Å². The molecule has 7 heteroatoms. The SMILES string of the molecule is C[C@H]1CCC[C@@H](O[S+](C)C)C1.[O-][Cl+3]([O-])([O-])[O-]. The van der Waals surface area contributed by atoms with Crippen molar-refractivity contribution in [3.8, 4) is 0 Å². The van der Waals surface area contributed by atoms with E-state index in [0.29, 0.717) is 6.10 Å². The minimum atomic E-state index is -4.94. The highest BCUT2D eigenvalue weighted by molar-refractivity contribution is 7.90. The van der Waals surface area contributed by atoms with Crippen molar-refractivity contribution in [3.05, 3.63) is 0 Å². The fraction of sp³-hybridized carbons (Fsp3) is 1.00. The molecule has 0 aliphatic heterocycles. The summed E-state index contributed by atoms with van der Waals surface area (Å²) >= 11 is 0.172. The van der Waals surface area contributed by atoms with Crippen molar-refractivity contribution in [2.24, 2.45) is 5.92 Å². The van der Waals surface area contributed by atoms with Gasteiger partial charge in [-0.15, -0.1) is 10.2 Å². The standard InChI is InChI=1S/C9H19OS.ClHO4/c1-8-5-4-6-9(7-8)10-11(2)3;2-1(3,4)5/h8-9H,4-7H2,1-3H3;(H,2,3,4,5)/q+1;/p-1/t8-,9+;/m0./s1. The predicted octanol–water partition coefficient (Wildman–Crippen LogP) is -2.38. The Balaban J connectivity index is 0.000000385. The second-order valence-electron chi connectivity index (χ2n) is 4.11. The first-order valence-electron chi connectivity index (χ1n) is 5.05. The predicted molar refractivity (Wildman–Crippen MR) is 51.7 cm³/mol. The molecule has 0 saturated heterocycles. The van der Waals surface area contributed by atoms with E-state index in [1.54, 1.807) is 0 Å². The summed E-state index contributed by atoms with van der Waals surface area (Å²) < 4.78 is 39.8. The summed E-state index contributed by atoms with van der Waals surface area (Å²) in [6.07, 6.45) is 10.2. The van der Waals surface area contributed by atoms with E-state index >= 15 is 0 Å². The highest BCUT2D eigenvalue weighted by Gasteiger charge is 2.23. The molecule has 0 spiro atoms. The van der Waals surface area contributed by atoms with Crippen LogP contribution in [0.1, 0.15) is 32.6 Å². The molecule has 0 unspecified atom stereocenters. The zero-order valence-corrected chi connectivity index (χ0v) is 11.4. The third-order valence-electron chi connectivity index (χ3n) is 2.22. The van der Waals surface area contributed by atoms with E-state index in [0.717, 1.165) is 5.92 Å². The van der Waals surface area contributed by atoms with Gasteiger partial charge in [-0.2, -0.15) is 4.18 Å². The van der Waals surface area contributed by atoms with Gasteiger partial charge in [-0.25, -0.2) is 18.6 Å². The maximum Gasteiger partial charge on any atom is 0.141 e. The molecule has 2 atom stereocenters. The van der Waals surface area contributed by atoms with Crippen molar-refractivity contribution in [3.63, 3.8) is 0 Å². The maximum absolute atomic E-state index is 8.49. The van der Waals surface area contributed by atoms with E-state index in [1.807, 2.05) is 0 Å². The van der Waals surface area contributed by atoms with Crippen LogP contribution >= 0.6 is 0 Å². The molecule has 0 N–H and O–H groups in total. The van der Waals surface area contributed by atoms with E-state index in [-0.39, 0.29) is 11.2 Å². The second-order valence-corrected chi connectivity index (χ2v) is 6.54. The molecular weight excluding hydrogens is 256 g/mol. The fourth-order valence-electron chi connectivity index (χ4n) is 1.74. The molecule has 1 rings (SSSR count). The molecule has 0 amide bonds. The Hall–Kier alpha value is 0.440. The normalized spacial score (nSPS) is 26.2. The molecule has 1 fully saturated rings. The van der Waals surface area contributed by atoms with Gasteiger partial charge in [0.2, 0.25) is 0 Å². The zero-order valence-electron chi connectivity index (χ0n) is 9.81. The molecule has 1 saturated carbocycles. The van der Waals surface area contributed by atoms with Crippen LogP contribution in [0.4, 0.5) is 0 Å². The van der Waals surface area contributed by atoms with Crippen molar-refractivity contribution >= 4 is 11.2 Å². The number of hydrogen-bond acceptors (Lipinski definition) is 5. The molecule has 5 nitrogen and oxygen atoms in total. The van der Waals surface area contributed by atoms with Crippen molar-refractivity contribution < 1.29 is 33.1 Å².